The molecule has 0 aromatic rings. The Balaban J connectivity index is 0. The molecule has 62 valence electrons. The van der Waals surface area contributed by atoms with Gasteiger partial charge in [0, 0.05) is 21.1 Å². The van der Waals surface area contributed by atoms with Gasteiger partial charge >= 0.3 is 0 Å². The van der Waals surface area contributed by atoms with Crippen LogP contribution in [0.15, 0.2) is 0 Å². The molecule has 0 spiro atoms. The van der Waals surface area contributed by atoms with E-state index in [1.165, 1.54) is 25.7 Å². The quantitative estimate of drug-likeness (QED) is 0.713. The topological polar surface area (TPSA) is 26.0 Å². The van der Waals surface area contributed by atoms with Crippen LogP contribution < -0.4 is 5.73 Å². The maximum Gasteiger partial charge on any atom is 0 e. The van der Waals surface area contributed by atoms with Gasteiger partial charge in [-0.3, -0.25) is 0 Å². The summed E-state index contributed by atoms with van der Waals surface area (Å²) < 4.78 is 0. The zero-order valence-electron chi connectivity index (χ0n) is 7.10. The summed E-state index contributed by atoms with van der Waals surface area (Å²) in [4.78, 5) is 0. The summed E-state index contributed by atoms with van der Waals surface area (Å²) >= 11 is 0. The molecule has 2 N–H and O–H groups in total. The van der Waals surface area contributed by atoms with E-state index in [1.807, 2.05) is 0 Å². The van der Waals surface area contributed by atoms with E-state index in [0.717, 1.165) is 12.5 Å². The summed E-state index contributed by atoms with van der Waals surface area (Å²) in [5.41, 5.74) is 5.52. The van der Waals surface area contributed by atoms with Crippen LogP contribution >= 0.6 is 0 Å². The van der Waals surface area contributed by atoms with Gasteiger partial charge < -0.3 is 5.73 Å². The second-order valence-corrected chi connectivity index (χ2v) is 2.65. The van der Waals surface area contributed by atoms with Gasteiger partial charge in [0.2, 0.25) is 0 Å². The van der Waals surface area contributed by atoms with Gasteiger partial charge in [-0.1, -0.05) is 33.1 Å². The SMILES string of the molecule is CCCCC(CC)CN.[Mo]. The molecule has 10 heavy (non-hydrogen) atoms. The van der Waals surface area contributed by atoms with E-state index in [9.17, 15) is 0 Å². The fourth-order valence-corrected chi connectivity index (χ4v) is 0.981. The van der Waals surface area contributed by atoms with Crippen LogP contribution in [-0.2, 0) is 21.1 Å². The molecule has 0 aliphatic rings. The number of hydrogen-bond donors (Lipinski definition) is 1. The molecule has 0 aromatic heterocycles. The Morgan fingerprint density at radius 3 is 2.20 bits per heavy atom. The molecule has 1 atom stereocenters. The Bertz CT molecular complexity index is 53.2. The van der Waals surface area contributed by atoms with Gasteiger partial charge in [0.15, 0.2) is 0 Å². The van der Waals surface area contributed by atoms with Crippen LogP contribution in [0.25, 0.3) is 0 Å². The second kappa shape index (κ2) is 9.65. The maximum absolute atomic E-state index is 5.52. The van der Waals surface area contributed by atoms with Crippen molar-refractivity contribution in [3.63, 3.8) is 0 Å². The summed E-state index contributed by atoms with van der Waals surface area (Å²) in [5.74, 6) is 0.782. The fraction of sp³-hybridized carbons (Fsp3) is 1.00. The molecule has 0 rings (SSSR count). The fourth-order valence-electron chi connectivity index (χ4n) is 0.981. The van der Waals surface area contributed by atoms with Crippen molar-refractivity contribution in [3.8, 4) is 0 Å². The first-order valence-corrected chi connectivity index (χ1v) is 4.05. The monoisotopic (exact) mass is 227 g/mol. The predicted molar refractivity (Wildman–Crippen MR) is 42.4 cm³/mol. The first-order chi connectivity index (χ1) is 4.35. The molecule has 0 aliphatic heterocycles. The van der Waals surface area contributed by atoms with Gasteiger partial charge in [-0.15, -0.1) is 0 Å². The van der Waals surface area contributed by atoms with Crippen LogP contribution in [0.1, 0.15) is 39.5 Å². The van der Waals surface area contributed by atoms with E-state index in [0.29, 0.717) is 0 Å². The molecule has 0 aliphatic carbocycles. The Hall–Kier alpha value is 0.648. The van der Waals surface area contributed by atoms with Crippen LogP contribution in [0, 0.1) is 5.92 Å². The first-order valence-electron chi connectivity index (χ1n) is 4.05. The van der Waals surface area contributed by atoms with E-state index in [4.69, 9.17) is 5.73 Å². The normalized spacial score (nSPS) is 12.3. The minimum absolute atomic E-state index is 0. The van der Waals surface area contributed by atoms with Crippen molar-refractivity contribution < 1.29 is 21.1 Å². The van der Waals surface area contributed by atoms with E-state index < -0.39 is 0 Å². The largest absolute Gasteiger partial charge is 0.330 e. The molecule has 0 aromatic carbocycles. The van der Waals surface area contributed by atoms with Gasteiger partial charge in [0.1, 0.15) is 0 Å². The molecule has 0 amide bonds. The van der Waals surface area contributed by atoms with Crippen LogP contribution in [0.2, 0.25) is 0 Å². The molecule has 0 saturated carbocycles. The minimum atomic E-state index is 0. The number of nitrogens with two attached hydrogens (primary N) is 1. The van der Waals surface area contributed by atoms with Gasteiger partial charge in [-0.2, -0.15) is 0 Å². The smallest absolute Gasteiger partial charge is 0 e. The van der Waals surface area contributed by atoms with Gasteiger partial charge in [0.05, 0.1) is 0 Å². The third-order valence-electron chi connectivity index (χ3n) is 1.88. The Labute approximate surface area is 79.0 Å². The summed E-state index contributed by atoms with van der Waals surface area (Å²) in [7, 11) is 0. The second-order valence-electron chi connectivity index (χ2n) is 2.65. The Morgan fingerprint density at radius 2 is 1.90 bits per heavy atom. The zero-order valence-corrected chi connectivity index (χ0v) is 9.11. The van der Waals surface area contributed by atoms with Crippen molar-refractivity contribution in [1.29, 1.82) is 0 Å². The third kappa shape index (κ3) is 6.76. The molecule has 2 heteroatoms. The molecule has 0 fully saturated rings. The van der Waals surface area contributed by atoms with Gasteiger partial charge in [-0.05, 0) is 18.9 Å². The zero-order chi connectivity index (χ0) is 7.11. The molecule has 1 nitrogen and oxygen atoms in total. The van der Waals surface area contributed by atoms with E-state index in [1.54, 1.807) is 0 Å². The van der Waals surface area contributed by atoms with Crippen molar-refractivity contribution in [2.45, 2.75) is 39.5 Å². The van der Waals surface area contributed by atoms with Crippen LogP contribution in [0.5, 0.6) is 0 Å². The third-order valence-corrected chi connectivity index (χ3v) is 1.88. The van der Waals surface area contributed by atoms with E-state index in [2.05, 4.69) is 13.8 Å². The summed E-state index contributed by atoms with van der Waals surface area (Å²) in [5, 5.41) is 0. The number of hydrogen-bond acceptors (Lipinski definition) is 1. The van der Waals surface area contributed by atoms with Crippen molar-refractivity contribution in [2.24, 2.45) is 11.7 Å². The Morgan fingerprint density at radius 1 is 1.30 bits per heavy atom. The first kappa shape index (κ1) is 13.3. The molecule has 0 saturated heterocycles. The summed E-state index contributed by atoms with van der Waals surface area (Å²) in [6.45, 7) is 5.31. The van der Waals surface area contributed by atoms with Gasteiger partial charge in [-0.25, -0.2) is 0 Å². The standard InChI is InChI=1S/C8H19N.Mo/c1-3-5-6-8(4-2)7-9;/h8H,3-7,9H2,1-2H3;. The van der Waals surface area contributed by atoms with Crippen molar-refractivity contribution in [1.82, 2.24) is 0 Å². The molecular formula is C8H19MoN. The molecule has 0 radical (unpaired) electrons. The maximum atomic E-state index is 5.52. The summed E-state index contributed by atoms with van der Waals surface area (Å²) in [6.07, 6.45) is 5.21. The van der Waals surface area contributed by atoms with Gasteiger partial charge in [0.25, 0.3) is 0 Å². The average Bonchev–Trinajstić information content (AvgIpc) is 1.91. The molecule has 0 bridgehead atoms. The Kier molecular flexibility index (Phi) is 12.8. The van der Waals surface area contributed by atoms with E-state index in [-0.39, 0.29) is 21.1 Å². The van der Waals surface area contributed by atoms with Crippen molar-refractivity contribution in [2.75, 3.05) is 6.54 Å². The van der Waals surface area contributed by atoms with Crippen LogP contribution in [0.3, 0.4) is 0 Å². The average molecular weight is 225 g/mol. The van der Waals surface area contributed by atoms with E-state index >= 15 is 0 Å². The van der Waals surface area contributed by atoms with Crippen molar-refractivity contribution >= 4 is 0 Å². The predicted octanol–water partition coefficient (Wildman–Crippen LogP) is 2.16. The van der Waals surface area contributed by atoms with Crippen molar-refractivity contribution in [3.05, 3.63) is 0 Å². The number of rotatable bonds is 5. The molecule has 1 unspecified atom stereocenters. The minimum Gasteiger partial charge on any atom is -0.330 e. The summed E-state index contributed by atoms with van der Waals surface area (Å²) in [6, 6.07) is 0. The number of unbranched alkanes of at least 4 members (excludes halogenated alkanes) is 1. The van der Waals surface area contributed by atoms with Crippen LogP contribution in [-0.4, -0.2) is 6.54 Å². The molecular weight excluding hydrogens is 206 g/mol. The van der Waals surface area contributed by atoms with Crippen LogP contribution in [0.4, 0.5) is 0 Å². The molecule has 0 heterocycles.